The minimum atomic E-state index is 0.359. The number of hydrogen-bond donors (Lipinski definition) is 1. The lowest BCUT2D eigenvalue weighted by molar-refractivity contribution is 0.266. The molecule has 2 heterocycles. The fourth-order valence-corrected chi connectivity index (χ4v) is 3.57. The fourth-order valence-electron chi connectivity index (χ4n) is 3.57. The zero-order valence-electron chi connectivity index (χ0n) is 12.3. The highest BCUT2D eigenvalue weighted by Crippen LogP contribution is 2.49. The Balaban J connectivity index is 1.50. The van der Waals surface area contributed by atoms with Gasteiger partial charge >= 0.3 is 0 Å². The van der Waals surface area contributed by atoms with Gasteiger partial charge in [0.1, 0.15) is 0 Å². The summed E-state index contributed by atoms with van der Waals surface area (Å²) in [7, 11) is 0. The molecule has 2 aliphatic rings. The molecule has 1 N–H and O–H groups in total. The van der Waals surface area contributed by atoms with Gasteiger partial charge in [0.05, 0.1) is 0 Å². The van der Waals surface area contributed by atoms with Crippen molar-refractivity contribution in [2.24, 2.45) is 17.8 Å². The number of nitrogens with zero attached hydrogens (tertiary/aromatic N) is 3. The van der Waals surface area contributed by atoms with Crippen molar-refractivity contribution in [2.75, 3.05) is 24.6 Å². The molecule has 0 spiro atoms. The van der Waals surface area contributed by atoms with Gasteiger partial charge in [-0.15, -0.1) is 0 Å². The van der Waals surface area contributed by atoms with Crippen molar-refractivity contribution < 1.29 is 5.11 Å². The first-order valence-corrected chi connectivity index (χ1v) is 7.98. The third-order valence-electron chi connectivity index (χ3n) is 5.01. The topological polar surface area (TPSA) is 49.2 Å². The summed E-state index contributed by atoms with van der Waals surface area (Å²) in [5.41, 5.74) is 1.20. The molecule has 1 aliphatic carbocycles. The highest BCUT2D eigenvalue weighted by atomic mass is 16.3. The minimum absolute atomic E-state index is 0.359. The van der Waals surface area contributed by atoms with Gasteiger partial charge in [-0.3, -0.25) is 0 Å². The summed E-state index contributed by atoms with van der Waals surface area (Å²) in [6, 6.07) is 0. The van der Waals surface area contributed by atoms with Crippen LogP contribution in [-0.2, 0) is 6.42 Å². The number of piperidine rings is 1. The molecule has 110 valence electrons. The molecule has 4 nitrogen and oxygen atoms in total. The van der Waals surface area contributed by atoms with Crippen LogP contribution in [0, 0.1) is 17.8 Å². The van der Waals surface area contributed by atoms with Crippen LogP contribution in [0.25, 0.3) is 0 Å². The van der Waals surface area contributed by atoms with Gasteiger partial charge in [-0.25, -0.2) is 9.97 Å². The van der Waals surface area contributed by atoms with E-state index in [9.17, 15) is 0 Å². The third-order valence-corrected chi connectivity index (χ3v) is 5.01. The monoisotopic (exact) mass is 275 g/mol. The Hall–Kier alpha value is -1.16. The van der Waals surface area contributed by atoms with E-state index in [-0.39, 0.29) is 0 Å². The molecule has 1 saturated carbocycles. The maximum Gasteiger partial charge on any atom is 0.225 e. The molecule has 0 bridgehead atoms. The van der Waals surface area contributed by atoms with Gasteiger partial charge in [-0.05, 0) is 55.4 Å². The largest absolute Gasteiger partial charge is 0.396 e. The Bertz CT molecular complexity index is 426. The summed E-state index contributed by atoms with van der Waals surface area (Å²) in [5, 5.41) is 9.00. The highest BCUT2D eigenvalue weighted by molar-refractivity contribution is 5.30. The van der Waals surface area contributed by atoms with E-state index in [0.717, 1.165) is 49.6 Å². The number of aliphatic hydroxyl groups is 1. The molecule has 0 radical (unpaired) electrons. The molecule has 2 fully saturated rings. The molecule has 1 aromatic heterocycles. The van der Waals surface area contributed by atoms with E-state index < -0.39 is 0 Å². The van der Waals surface area contributed by atoms with E-state index in [4.69, 9.17) is 5.11 Å². The van der Waals surface area contributed by atoms with Crippen LogP contribution in [0.4, 0.5) is 5.95 Å². The van der Waals surface area contributed by atoms with Crippen LogP contribution in [0.15, 0.2) is 12.4 Å². The molecule has 2 atom stereocenters. The van der Waals surface area contributed by atoms with E-state index in [1.54, 1.807) is 0 Å². The SMILES string of the molecule is CCc1cnc(N2CCC(C3C[C@H]3CCO)CC2)nc1. The van der Waals surface area contributed by atoms with Crippen molar-refractivity contribution in [1.29, 1.82) is 0 Å². The second-order valence-electron chi connectivity index (χ2n) is 6.24. The zero-order valence-corrected chi connectivity index (χ0v) is 12.3. The Morgan fingerprint density at radius 1 is 1.25 bits per heavy atom. The number of aromatic nitrogens is 2. The van der Waals surface area contributed by atoms with Crippen LogP contribution >= 0.6 is 0 Å². The molecule has 20 heavy (non-hydrogen) atoms. The lowest BCUT2D eigenvalue weighted by atomic mass is 9.90. The molecule has 4 heteroatoms. The number of hydrogen-bond acceptors (Lipinski definition) is 4. The van der Waals surface area contributed by atoms with E-state index in [1.165, 1.54) is 24.8 Å². The van der Waals surface area contributed by atoms with Gasteiger partial charge in [0.25, 0.3) is 0 Å². The number of rotatable bonds is 5. The lowest BCUT2D eigenvalue weighted by Gasteiger charge is -2.32. The smallest absolute Gasteiger partial charge is 0.225 e. The first-order valence-electron chi connectivity index (χ1n) is 7.98. The van der Waals surface area contributed by atoms with Crippen LogP contribution in [0.2, 0.25) is 0 Å². The van der Waals surface area contributed by atoms with Gasteiger partial charge in [0, 0.05) is 32.1 Å². The second-order valence-corrected chi connectivity index (χ2v) is 6.24. The highest BCUT2D eigenvalue weighted by Gasteiger charge is 2.42. The Morgan fingerprint density at radius 3 is 2.55 bits per heavy atom. The zero-order chi connectivity index (χ0) is 13.9. The van der Waals surface area contributed by atoms with E-state index in [1.807, 2.05) is 12.4 Å². The Kier molecular flexibility index (Phi) is 4.20. The number of anilines is 1. The van der Waals surface area contributed by atoms with E-state index in [2.05, 4.69) is 21.8 Å². The molecule has 1 aromatic rings. The first kappa shape index (κ1) is 13.8. The lowest BCUT2D eigenvalue weighted by Crippen LogP contribution is -2.35. The maximum absolute atomic E-state index is 9.00. The normalized spacial score (nSPS) is 26.8. The van der Waals surface area contributed by atoms with Crippen LogP contribution in [0.3, 0.4) is 0 Å². The predicted molar refractivity (Wildman–Crippen MR) is 79.6 cm³/mol. The quantitative estimate of drug-likeness (QED) is 0.895. The summed E-state index contributed by atoms with van der Waals surface area (Å²) < 4.78 is 0. The summed E-state index contributed by atoms with van der Waals surface area (Å²) in [6.45, 7) is 4.65. The van der Waals surface area contributed by atoms with Crippen molar-refractivity contribution in [3.63, 3.8) is 0 Å². The average Bonchev–Trinajstić information content (AvgIpc) is 3.27. The number of aryl methyl sites for hydroxylation is 1. The fraction of sp³-hybridized carbons (Fsp3) is 0.750. The van der Waals surface area contributed by atoms with Crippen molar-refractivity contribution in [2.45, 2.75) is 39.0 Å². The predicted octanol–water partition coefficient (Wildman–Crippen LogP) is 2.27. The van der Waals surface area contributed by atoms with Crippen LogP contribution in [0.5, 0.6) is 0 Å². The van der Waals surface area contributed by atoms with Crippen LogP contribution in [0.1, 0.15) is 38.2 Å². The molecule has 0 amide bonds. The minimum Gasteiger partial charge on any atom is -0.396 e. The molecule has 0 aromatic carbocycles. The molecule has 1 saturated heterocycles. The van der Waals surface area contributed by atoms with Gasteiger partial charge in [-0.2, -0.15) is 0 Å². The van der Waals surface area contributed by atoms with Gasteiger partial charge in [0.2, 0.25) is 5.95 Å². The van der Waals surface area contributed by atoms with E-state index >= 15 is 0 Å². The van der Waals surface area contributed by atoms with Gasteiger partial charge in [0.15, 0.2) is 0 Å². The van der Waals surface area contributed by atoms with Crippen molar-refractivity contribution in [1.82, 2.24) is 9.97 Å². The summed E-state index contributed by atoms with van der Waals surface area (Å²) in [5.74, 6) is 3.44. The third kappa shape index (κ3) is 2.95. The average molecular weight is 275 g/mol. The second kappa shape index (κ2) is 6.08. The summed E-state index contributed by atoms with van der Waals surface area (Å²) in [4.78, 5) is 11.3. The Labute approximate surface area is 121 Å². The first-order chi connectivity index (χ1) is 9.81. The standard InChI is InChI=1S/C16H25N3O/c1-2-12-10-17-16(18-11-12)19-6-3-13(4-7-19)15-9-14(15)5-8-20/h10-11,13-15,20H,2-9H2,1H3/t14-,15?/m1/s1. The molecular weight excluding hydrogens is 250 g/mol. The van der Waals surface area contributed by atoms with Gasteiger partial charge in [-0.1, -0.05) is 6.92 Å². The summed E-state index contributed by atoms with van der Waals surface area (Å²) in [6.07, 6.45) is 9.76. The summed E-state index contributed by atoms with van der Waals surface area (Å²) >= 11 is 0. The molecule has 3 rings (SSSR count). The van der Waals surface area contributed by atoms with Gasteiger partial charge < -0.3 is 10.0 Å². The van der Waals surface area contributed by atoms with Crippen molar-refractivity contribution in [3.8, 4) is 0 Å². The van der Waals surface area contributed by atoms with Crippen LogP contribution < -0.4 is 4.90 Å². The number of aliphatic hydroxyl groups excluding tert-OH is 1. The molecule has 1 aliphatic heterocycles. The molecular formula is C16H25N3O. The van der Waals surface area contributed by atoms with Crippen molar-refractivity contribution in [3.05, 3.63) is 18.0 Å². The maximum atomic E-state index is 9.00. The Morgan fingerprint density at radius 2 is 1.95 bits per heavy atom. The van der Waals surface area contributed by atoms with E-state index in [0.29, 0.717) is 6.61 Å². The molecule has 1 unspecified atom stereocenters. The van der Waals surface area contributed by atoms with Crippen molar-refractivity contribution >= 4 is 5.95 Å². The van der Waals surface area contributed by atoms with Crippen LogP contribution in [-0.4, -0.2) is 34.8 Å².